The van der Waals surface area contributed by atoms with Crippen molar-refractivity contribution in [2.75, 3.05) is 19.8 Å². The molecule has 1 aromatic carbocycles. The van der Waals surface area contributed by atoms with Gasteiger partial charge in [-0.25, -0.2) is 0 Å². The van der Waals surface area contributed by atoms with Crippen LogP contribution in [0.2, 0.25) is 5.02 Å². The molecule has 3 nitrogen and oxygen atoms in total. The third kappa shape index (κ3) is 3.53. The lowest BCUT2D eigenvalue weighted by Gasteiger charge is -2.34. The molecular weight excluding hydrogens is 274 g/mol. The SMILES string of the molecule is OC1(CNC(c2ccc(Cl)cc2)C2CC2)CCOCC1. The molecular formula is C16H22ClNO2. The van der Waals surface area contributed by atoms with Crippen molar-refractivity contribution in [1.29, 1.82) is 0 Å². The average Bonchev–Trinajstić information content (AvgIpc) is 3.26. The molecule has 0 spiro atoms. The minimum Gasteiger partial charge on any atom is -0.388 e. The summed E-state index contributed by atoms with van der Waals surface area (Å²) in [7, 11) is 0. The van der Waals surface area contributed by atoms with Crippen LogP contribution in [0, 0.1) is 5.92 Å². The number of benzene rings is 1. The highest BCUT2D eigenvalue weighted by molar-refractivity contribution is 6.30. The van der Waals surface area contributed by atoms with Crippen LogP contribution in [0.15, 0.2) is 24.3 Å². The van der Waals surface area contributed by atoms with E-state index in [2.05, 4.69) is 17.4 Å². The second kappa shape index (κ2) is 6.02. The van der Waals surface area contributed by atoms with Crippen molar-refractivity contribution in [3.05, 3.63) is 34.9 Å². The molecule has 2 N–H and O–H groups in total. The Bertz CT molecular complexity index is 438. The summed E-state index contributed by atoms with van der Waals surface area (Å²) in [5.74, 6) is 0.694. The van der Waals surface area contributed by atoms with E-state index < -0.39 is 5.60 Å². The number of nitrogens with one attached hydrogen (secondary N) is 1. The molecule has 110 valence electrons. The van der Waals surface area contributed by atoms with E-state index in [1.165, 1.54) is 18.4 Å². The lowest BCUT2D eigenvalue weighted by atomic mass is 9.93. The van der Waals surface area contributed by atoms with Gasteiger partial charge >= 0.3 is 0 Å². The molecule has 20 heavy (non-hydrogen) atoms. The molecule has 1 aromatic rings. The molecule has 1 heterocycles. The number of hydrogen-bond donors (Lipinski definition) is 2. The summed E-state index contributed by atoms with van der Waals surface area (Å²) in [4.78, 5) is 0. The summed E-state index contributed by atoms with van der Waals surface area (Å²) in [5.41, 5.74) is 0.658. The van der Waals surface area contributed by atoms with E-state index in [9.17, 15) is 5.11 Å². The standard InChI is InChI=1S/C16H22ClNO2/c17-14-5-3-13(4-6-14)15(12-1-2-12)18-11-16(19)7-9-20-10-8-16/h3-6,12,15,18-19H,1-2,7-11H2. The summed E-state index contributed by atoms with van der Waals surface area (Å²) >= 11 is 5.96. The molecule has 0 amide bonds. The predicted octanol–water partition coefficient (Wildman–Crippen LogP) is 2.92. The van der Waals surface area contributed by atoms with Gasteiger partial charge in [0.05, 0.1) is 5.60 Å². The van der Waals surface area contributed by atoms with Crippen LogP contribution >= 0.6 is 11.6 Å². The summed E-state index contributed by atoms with van der Waals surface area (Å²) in [6.45, 7) is 1.96. The second-order valence-electron chi connectivity index (χ2n) is 6.08. The fraction of sp³-hybridized carbons (Fsp3) is 0.625. The normalized spacial score (nSPS) is 23.5. The largest absolute Gasteiger partial charge is 0.388 e. The predicted molar refractivity (Wildman–Crippen MR) is 79.9 cm³/mol. The number of hydrogen-bond acceptors (Lipinski definition) is 3. The number of rotatable bonds is 5. The first-order valence-electron chi connectivity index (χ1n) is 7.45. The van der Waals surface area contributed by atoms with E-state index in [0.717, 1.165) is 17.9 Å². The molecule has 4 heteroatoms. The van der Waals surface area contributed by atoms with Crippen LogP contribution in [-0.4, -0.2) is 30.5 Å². The molecule has 0 radical (unpaired) electrons. The van der Waals surface area contributed by atoms with E-state index in [1.807, 2.05) is 12.1 Å². The highest BCUT2D eigenvalue weighted by Crippen LogP contribution is 2.41. The maximum absolute atomic E-state index is 10.5. The van der Waals surface area contributed by atoms with Crippen LogP contribution in [0.5, 0.6) is 0 Å². The van der Waals surface area contributed by atoms with Gasteiger partial charge in [-0.15, -0.1) is 0 Å². The lowest BCUT2D eigenvalue weighted by Crippen LogP contribution is -2.46. The van der Waals surface area contributed by atoms with E-state index >= 15 is 0 Å². The van der Waals surface area contributed by atoms with Crippen molar-refractivity contribution in [2.45, 2.75) is 37.3 Å². The van der Waals surface area contributed by atoms with Gasteiger partial charge in [-0.1, -0.05) is 23.7 Å². The van der Waals surface area contributed by atoms with Crippen LogP contribution in [-0.2, 0) is 4.74 Å². The molecule has 3 rings (SSSR count). The Morgan fingerprint density at radius 2 is 1.90 bits per heavy atom. The Kier molecular flexibility index (Phi) is 4.32. The van der Waals surface area contributed by atoms with Crippen LogP contribution in [0.25, 0.3) is 0 Å². The first-order valence-corrected chi connectivity index (χ1v) is 7.83. The average molecular weight is 296 g/mol. The molecule has 1 atom stereocenters. The monoisotopic (exact) mass is 295 g/mol. The Hall–Kier alpha value is -0.610. The van der Waals surface area contributed by atoms with Crippen molar-refractivity contribution in [2.24, 2.45) is 5.92 Å². The molecule has 1 aliphatic heterocycles. The van der Waals surface area contributed by atoms with E-state index in [1.54, 1.807) is 0 Å². The molecule has 0 aromatic heterocycles. The minimum atomic E-state index is -0.613. The van der Waals surface area contributed by atoms with Crippen molar-refractivity contribution >= 4 is 11.6 Å². The third-order valence-electron chi connectivity index (χ3n) is 4.40. The van der Waals surface area contributed by atoms with Crippen LogP contribution in [0.4, 0.5) is 0 Å². The first-order chi connectivity index (χ1) is 9.66. The Morgan fingerprint density at radius 1 is 1.25 bits per heavy atom. The van der Waals surface area contributed by atoms with Crippen molar-refractivity contribution in [3.63, 3.8) is 0 Å². The molecule has 2 aliphatic rings. The number of halogens is 1. The van der Waals surface area contributed by atoms with Gasteiger partial charge in [-0.3, -0.25) is 0 Å². The molecule has 1 saturated heterocycles. The van der Waals surface area contributed by atoms with Gasteiger partial charge < -0.3 is 15.2 Å². The summed E-state index contributed by atoms with van der Waals surface area (Å²) in [5, 5.41) is 14.9. The maximum Gasteiger partial charge on any atom is 0.0815 e. The van der Waals surface area contributed by atoms with Gasteiger partial charge in [0, 0.05) is 43.7 Å². The van der Waals surface area contributed by atoms with Crippen molar-refractivity contribution in [1.82, 2.24) is 5.32 Å². The fourth-order valence-electron chi connectivity index (χ4n) is 2.88. The maximum atomic E-state index is 10.5. The van der Waals surface area contributed by atoms with Gasteiger partial charge in [0.2, 0.25) is 0 Å². The van der Waals surface area contributed by atoms with Gasteiger partial charge in [0.15, 0.2) is 0 Å². The van der Waals surface area contributed by atoms with Gasteiger partial charge in [-0.05, 0) is 36.5 Å². The fourth-order valence-corrected chi connectivity index (χ4v) is 3.01. The summed E-state index contributed by atoms with van der Waals surface area (Å²) in [6, 6.07) is 8.39. The summed E-state index contributed by atoms with van der Waals surface area (Å²) in [6.07, 6.45) is 3.97. The van der Waals surface area contributed by atoms with Crippen LogP contribution in [0.1, 0.15) is 37.3 Å². The van der Waals surface area contributed by atoms with Gasteiger partial charge in [-0.2, -0.15) is 0 Å². The number of ether oxygens (including phenoxy) is 1. The molecule has 1 aliphatic carbocycles. The zero-order valence-electron chi connectivity index (χ0n) is 11.6. The molecule has 1 saturated carbocycles. The Labute approximate surface area is 125 Å². The van der Waals surface area contributed by atoms with E-state index in [-0.39, 0.29) is 0 Å². The number of aliphatic hydroxyl groups is 1. The van der Waals surface area contributed by atoms with Crippen LogP contribution < -0.4 is 5.32 Å². The summed E-state index contributed by atoms with van der Waals surface area (Å²) < 4.78 is 5.33. The van der Waals surface area contributed by atoms with E-state index in [0.29, 0.717) is 31.7 Å². The van der Waals surface area contributed by atoms with Gasteiger partial charge in [0.1, 0.15) is 0 Å². The van der Waals surface area contributed by atoms with Crippen LogP contribution in [0.3, 0.4) is 0 Å². The topological polar surface area (TPSA) is 41.5 Å². The molecule has 1 unspecified atom stereocenters. The zero-order valence-corrected chi connectivity index (χ0v) is 12.4. The lowest BCUT2D eigenvalue weighted by molar-refractivity contribution is -0.0631. The van der Waals surface area contributed by atoms with Gasteiger partial charge in [0.25, 0.3) is 0 Å². The van der Waals surface area contributed by atoms with Crippen molar-refractivity contribution in [3.8, 4) is 0 Å². The molecule has 2 fully saturated rings. The Balaban J connectivity index is 1.64. The molecule has 0 bridgehead atoms. The zero-order chi connectivity index (χ0) is 14.0. The third-order valence-corrected chi connectivity index (χ3v) is 4.65. The first kappa shape index (κ1) is 14.3. The smallest absolute Gasteiger partial charge is 0.0815 e. The Morgan fingerprint density at radius 3 is 2.50 bits per heavy atom. The van der Waals surface area contributed by atoms with Crippen molar-refractivity contribution < 1.29 is 9.84 Å². The minimum absolute atomic E-state index is 0.333. The highest BCUT2D eigenvalue weighted by atomic mass is 35.5. The second-order valence-corrected chi connectivity index (χ2v) is 6.52. The highest BCUT2D eigenvalue weighted by Gasteiger charge is 2.35. The van der Waals surface area contributed by atoms with E-state index in [4.69, 9.17) is 16.3 Å². The quantitative estimate of drug-likeness (QED) is 0.877.